The average molecular weight is 552 g/mol. The quantitative estimate of drug-likeness (QED) is 0.211. The molecule has 0 bridgehead atoms. The second-order valence-electron chi connectivity index (χ2n) is 13.3. The molecule has 5 atom stereocenters. The summed E-state index contributed by atoms with van der Waals surface area (Å²) in [6, 6.07) is 51.9. The van der Waals surface area contributed by atoms with Crippen LogP contribution < -0.4 is 4.90 Å². The van der Waals surface area contributed by atoms with Crippen molar-refractivity contribution in [2.24, 2.45) is 23.7 Å². The zero-order valence-corrected chi connectivity index (χ0v) is 24.2. The first kappa shape index (κ1) is 23.9. The molecule has 0 heterocycles. The van der Waals surface area contributed by atoms with Gasteiger partial charge in [0.1, 0.15) is 0 Å². The van der Waals surface area contributed by atoms with Gasteiger partial charge < -0.3 is 4.90 Å². The van der Waals surface area contributed by atoms with Gasteiger partial charge in [-0.15, -0.1) is 0 Å². The van der Waals surface area contributed by atoms with E-state index in [1.807, 2.05) is 0 Å². The van der Waals surface area contributed by atoms with Gasteiger partial charge in [-0.3, -0.25) is 0 Å². The SMILES string of the molecule is c1ccc(N(c2ccccc2)c2ccc(-c3ccc4c(c3)C3(CC5C6CCC3C65)c3ccccc3-4)c3ccccc23)cc1. The Hall–Kier alpha value is -4.62. The van der Waals surface area contributed by atoms with E-state index >= 15 is 0 Å². The maximum atomic E-state index is 2.60. The Morgan fingerprint density at radius 2 is 1.16 bits per heavy atom. The van der Waals surface area contributed by atoms with Crippen molar-refractivity contribution in [1.29, 1.82) is 0 Å². The van der Waals surface area contributed by atoms with Crippen LogP contribution in [0.4, 0.5) is 17.1 Å². The Kier molecular flexibility index (Phi) is 4.84. The topological polar surface area (TPSA) is 3.24 Å². The molecule has 43 heavy (non-hydrogen) atoms. The highest BCUT2D eigenvalue weighted by atomic mass is 15.1. The lowest BCUT2D eigenvalue weighted by atomic mass is 9.68. The van der Waals surface area contributed by atoms with Gasteiger partial charge in [0.05, 0.1) is 5.69 Å². The van der Waals surface area contributed by atoms with Crippen molar-refractivity contribution in [3.63, 3.8) is 0 Å². The molecule has 0 radical (unpaired) electrons. The molecule has 1 nitrogen and oxygen atoms in total. The summed E-state index contributed by atoms with van der Waals surface area (Å²) in [6.07, 6.45) is 4.20. The Balaban J connectivity index is 1.16. The molecular formula is C42H33N. The third kappa shape index (κ3) is 3.18. The van der Waals surface area contributed by atoms with Gasteiger partial charge in [0.15, 0.2) is 0 Å². The van der Waals surface area contributed by atoms with Gasteiger partial charge in [-0.2, -0.15) is 0 Å². The van der Waals surface area contributed by atoms with Crippen LogP contribution in [0, 0.1) is 23.7 Å². The van der Waals surface area contributed by atoms with Crippen LogP contribution in [0.25, 0.3) is 33.0 Å². The molecule has 10 rings (SSSR count). The van der Waals surface area contributed by atoms with Crippen molar-refractivity contribution in [1.82, 2.24) is 0 Å². The molecule has 0 aromatic heterocycles. The second-order valence-corrected chi connectivity index (χ2v) is 13.3. The van der Waals surface area contributed by atoms with Crippen molar-refractivity contribution in [2.45, 2.75) is 24.7 Å². The van der Waals surface area contributed by atoms with Gasteiger partial charge in [0.2, 0.25) is 0 Å². The molecule has 1 spiro atoms. The monoisotopic (exact) mass is 551 g/mol. The predicted octanol–water partition coefficient (Wildman–Crippen LogP) is 10.9. The molecular weight excluding hydrogens is 518 g/mol. The van der Waals surface area contributed by atoms with Crippen molar-refractivity contribution >= 4 is 27.8 Å². The van der Waals surface area contributed by atoms with Crippen LogP contribution in [0.3, 0.4) is 0 Å². The van der Waals surface area contributed by atoms with Crippen LogP contribution in [-0.4, -0.2) is 0 Å². The van der Waals surface area contributed by atoms with Crippen molar-refractivity contribution in [3.8, 4) is 22.3 Å². The van der Waals surface area contributed by atoms with E-state index in [-0.39, 0.29) is 5.41 Å². The summed E-state index contributed by atoms with van der Waals surface area (Å²) in [5.41, 5.74) is 12.6. The average Bonchev–Trinajstić information content (AvgIpc) is 3.31. The van der Waals surface area contributed by atoms with E-state index in [2.05, 4.69) is 144 Å². The fourth-order valence-electron chi connectivity index (χ4n) is 9.93. The normalized spacial score (nSPS) is 25.5. The highest BCUT2D eigenvalue weighted by Crippen LogP contribution is 2.78. The van der Waals surface area contributed by atoms with E-state index in [0.717, 1.165) is 23.7 Å². The third-order valence-electron chi connectivity index (χ3n) is 11.5. The lowest BCUT2D eigenvalue weighted by Crippen LogP contribution is -2.31. The van der Waals surface area contributed by atoms with E-state index in [4.69, 9.17) is 0 Å². The van der Waals surface area contributed by atoms with Crippen LogP contribution in [0.5, 0.6) is 0 Å². The highest BCUT2D eigenvalue weighted by Gasteiger charge is 2.72. The molecule has 3 fully saturated rings. The van der Waals surface area contributed by atoms with Crippen molar-refractivity contribution in [3.05, 3.63) is 151 Å². The Labute approximate surface area is 253 Å². The highest BCUT2D eigenvalue weighted by molar-refractivity contribution is 6.06. The summed E-state index contributed by atoms with van der Waals surface area (Å²) in [5.74, 6) is 3.74. The van der Waals surface area contributed by atoms with Gasteiger partial charge >= 0.3 is 0 Å². The maximum Gasteiger partial charge on any atom is 0.0540 e. The second kappa shape index (κ2) is 8.71. The number of hydrogen-bond donors (Lipinski definition) is 0. The molecule has 6 aromatic rings. The molecule has 0 N–H and O–H groups in total. The summed E-state index contributed by atoms with van der Waals surface area (Å²) in [4.78, 5) is 2.39. The lowest BCUT2D eigenvalue weighted by molar-refractivity contribution is 0.350. The van der Waals surface area contributed by atoms with E-state index in [1.54, 1.807) is 11.1 Å². The van der Waals surface area contributed by atoms with E-state index in [9.17, 15) is 0 Å². The molecule has 3 saturated carbocycles. The molecule has 5 unspecified atom stereocenters. The first-order valence-corrected chi connectivity index (χ1v) is 16.0. The van der Waals surface area contributed by atoms with E-state index in [0.29, 0.717) is 0 Å². The largest absolute Gasteiger partial charge is 0.310 e. The summed E-state index contributed by atoms with van der Waals surface area (Å²) in [6.45, 7) is 0. The Bertz CT molecular complexity index is 2000. The van der Waals surface area contributed by atoms with Gasteiger partial charge in [0, 0.05) is 22.2 Å². The molecule has 1 heteroatoms. The fraction of sp³-hybridized carbons (Fsp3) is 0.190. The molecule has 0 saturated heterocycles. The fourth-order valence-corrected chi connectivity index (χ4v) is 9.93. The molecule has 6 aromatic carbocycles. The van der Waals surface area contributed by atoms with Gasteiger partial charge in [-0.25, -0.2) is 0 Å². The molecule has 4 aliphatic rings. The van der Waals surface area contributed by atoms with E-state index < -0.39 is 0 Å². The Morgan fingerprint density at radius 1 is 0.512 bits per heavy atom. The zero-order valence-electron chi connectivity index (χ0n) is 24.2. The van der Waals surface area contributed by atoms with Crippen molar-refractivity contribution in [2.75, 3.05) is 4.90 Å². The number of rotatable bonds is 4. The number of para-hydroxylation sites is 2. The summed E-state index contributed by atoms with van der Waals surface area (Å²) in [5, 5.41) is 2.57. The first-order valence-electron chi connectivity index (χ1n) is 16.0. The number of fused-ring (bicyclic) bond motifs is 8. The lowest BCUT2D eigenvalue weighted by Gasteiger charge is -2.35. The van der Waals surface area contributed by atoms with Gasteiger partial charge in [-0.05, 0) is 118 Å². The summed E-state index contributed by atoms with van der Waals surface area (Å²) < 4.78 is 0. The standard InChI is InChI=1S/C42H33N/c1-3-11-28(12-4-1)43(29-13-5-2-6-14-29)40-24-22-30(31-15-7-8-17-34(31)40)27-19-20-33-32-16-9-10-18-37(32)42(39(33)25-27)26-36-35-21-23-38(42)41(35)36/h1-20,22,24-25,35-36,38,41H,21,23,26H2. The van der Waals surface area contributed by atoms with Crippen LogP contribution in [0.1, 0.15) is 30.4 Å². The molecule has 0 amide bonds. The molecule has 206 valence electrons. The molecule has 0 aliphatic heterocycles. The summed E-state index contributed by atoms with van der Waals surface area (Å²) >= 11 is 0. The summed E-state index contributed by atoms with van der Waals surface area (Å²) in [7, 11) is 0. The van der Waals surface area contributed by atoms with Gasteiger partial charge in [-0.1, -0.05) is 103 Å². The zero-order chi connectivity index (χ0) is 28.1. The van der Waals surface area contributed by atoms with E-state index in [1.165, 1.54) is 69.4 Å². The van der Waals surface area contributed by atoms with Crippen molar-refractivity contribution < 1.29 is 0 Å². The number of benzene rings is 6. The first-order chi connectivity index (χ1) is 21.3. The predicted molar refractivity (Wildman–Crippen MR) is 178 cm³/mol. The third-order valence-corrected chi connectivity index (χ3v) is 11.5. The number of nitrogens with zero attached hydrogens (tertiary/aromatic N) is 1. The smallest absolute Gasteiger partial charge is 0.0540 e. The Morgan fingerprint density at radius 3 is 1.93 bits per heavy atom. The minimum Gasteiger partial charge on any atom is -0.310 e. The van der Waals surface area contributed by atoms with Crippen LogP contribution in [-0.2, 0) is 5.41 Å². The molecule has 4 aliphatic carbocycles. The maximum absolute atomic E-state index is 2.60. The number of hydrogen-bond acceptors (Lipinski definition) is 1. The van der Waals surface area contributed by atoms with Crippen LogP contribution in [0.15, 0.2) is 140 Å². The van der Waals surface area contributed by atoms with Gasteiger partial charge in [0.25, 0.3) is 0 Å². The minimum atomic E-state index is 0.206. The number of anilines is 3. The minimum absolute atomic E-state index is 0.206. The van der Waals surface area contributed by atoms with Crippen LogP contribution in [0.2, 0.25) is 0 Å². The van der Waals surface area contributed by atoms with Crippen LogP contribution >= 0.6 is 0 Å².